The Hall–Kier alpha value is -3.21. The Balaban J connectivity index is 1.49. The molecule has 0 radical (unpaired) electrons. The molecule has 0 atom stereocenters. The van der Waals surface area contributed by atoms with Crippen LogP contribution in [0.3, 0.4) is 0 Å². The third-order valence-corrected chi connectivity index (χ3v) is 5.51. The maximum absolute atomic E-state index is 12.0. The highest BCUT2D eigenvalue weighted by Gasteiger charge is 2.36. The van der Waals surface area contributed by atoms with Crippen molar-refractivity contribution in [3.8, 4) is 17.1 Å². The first-order chi connectivity index (χ1) is 15.0. The number of urea groups is 1. The summed E-state index contributed by atoms with van der Waals surface area (Å²) in [6.07, 6.45) is 4.77. The van der Waals surface area contributed by atoms with Crippen LogP contribution in [0.2, 0.25) is 0 Å². The van der Waals surface area contributed by atoms with Crippen molar-refractivity contribution in [2.45, 2.75) is 31.9 Å². The van der Waals surface area contributed by atoms with Crippen LogP contribution in [0.5, 0.6) is 5.88 Å². The summed E-state index contributed by atoms with van der Waals surface area (Å²) in [4.78, 5) is 33.3. The zero-order valence-corrected chi connectivity index (χ0v) is 17.8. The molecule has 0 unspecified atom stereocenters. The summed E-state index contributed by atoms with van der Waals surface area (Å²) in [5.41, 5.74) is 7.02. The quantitative estimate of drug-likeness (QED) is 0.689. The van der Waals surface area contributed by atoms with E-state index < -0.39 is 0 Å². The maximum atomic E-state index is 12.0. The highest BCUT2D eigenvalue weighted by Crippen LogP contribution is 2.31. The first kappa shape index (κ1) is 21.0. The van der Waals surface area contributed by atoms with Gasteiger partial charge in [0.1, 0.15) is 6.10 Å². The number of hydrogen-bond donors (Lipinski definition) is 2. The van der Waals surface area contributed by atoms with Crippen LogP contribution in [0.25, 0.3) is 11.3 Å². The fraction of sp³-hybridized carbons (Fsp3) is 0.550. The maximum Gasteiger partial charge on any atom is 0.317 e. The van der Waals surface area contributed by atoms with Crippen LogP contribution < -0.4 is 20.7 Å². The Morgan fingerprint density at radius 3 is 2.68 bits per heavy atom. The number of ether oxygens (including phenoxy) is 2. The van der Waals surface area contributed by atoms with E-state index in [2.05, 4.69) is 25.2 Å². The van der Waals surface area contributed by atoms with Crippen LogP contribution >= 0.6 is 0 Å². The second kappa shape index (κ2) is 9.29. The molecule has 1 aliphatic heterocycles. The Labute approximate surface area is 181 Å². The Kier molecular flexibility index (Phi) is 6.31. The number of anilines is 2. The van der Waals surface area contributed by atoms with Crippen molar-refractivity contribution in [1.82, 2.24) is 30.2 Å². The third-order valence-electron chi connectivity index (χ3n) is 5.51. The van der Waals surface area contributed by atoms with Gasteiger partial charge in [-0.05, 0) is 6.92 Å². The van der Waals surface area contributed by atoms with Crippen LogP contribution in [0, 0.1) is 0 Å². The van der Waals surface area contributed by atoms with E-state index in [-0.39, 0.29) is 24.1 Å². The number of carbonyl (C=O) groups excluding carboxylic acids is 1. The van der Waals surface area contributed by atoms with Gasteiger partial charge in [-0.15, -0.1) is 0 Å². The summed E-state index contributed by atoms with van der Waals surface area (Å²) in [6, 6.07) is 1.88. The van der Waals surface area contributed by atoms with Gasteiger partial charge in [-0.1, -0.05) is 0 Å². The monoisotopic (exact) mass is 428 g/mol. The minimum Gasteiger partial charge on any atom is -0.474 e. The van der Waals surface area contributed by atoms with Crippen molar-refractivity contribution >= 4 is 17.9 Å². The van der Waals surface area contributed by atoms with Crippen molar-refractivity contribution in [3.05, 3.63) is 18.5 Å². The number of amides is 2. The zero-order chi connectivity index (χ0) is 21.8. The van der Waals surface area contributed by atoms with E-state index in [0.29, 0.717) is 50.4 Å². The lowest BCUT2D eigenvalue weighted by atomic mass is 9.88. The molecule has 2 amide bonds. The smallest absolute Gasteiger partial charge is 0.317 e. The van der Waals surface area contributed by atoms with Gasteiger partial charge < -0.3 is 30.3 Å². The van der Waals surface area contributed by atoms with Gasteiger partial charge in [0.25, 0.3) is 0 Å². The highest BCUT2D eigenvalue weighted by molar-refractivity contribution is 5.74. The second-order valence-corrected chi connectivity index (χ2v) is 7.63. The fourth-order valence-electron chi connectivity index (χ4n) is 3.56. The number of rotatable bonds is 6. The van der Waals surface area contributed by atoms with Crippen molar-refractivity contribution in [2.75, 3.05) is 50.5 Å². The van der Waals surface area contributed by atoms with Gasteiger partial charge in [-0.3, -0.25) is 0 Å². The lowest BCUT2D eigenvalue weighted by Gasteiger charge is -2.40. The molecule has 11 heteroatoms. The van der Waals surface area contributed by atoms with Gasteiger partial charge in [-0.25, -0.2) is 19.7 Å². The molecule has 0 spiro atoms. The van der Waals surface area contributed by atoms with Gasteiger partial charge in [0.2, 0.25) is 17.8 Å². The number of nitrogens with zero attached hydrogens (tertiary/aromatic N) is 6. The SMILES string of the molecule is CCNC(=O)N(C)C1CC(Oc2cc(-c3cnc(N)nc3)nc(N3CCOCC3)n2)C1. The number of nitrogen functional groups attached to an aromatic ring is 1. The van der Waals surface area contributed by atoms with Gasteiger partial charge in [-0.2, -0.15) is 4.98 Å². The number of nitrogens with two attached hydrogens (primary N) is 1. The fourth-order valence-corrected chi connectivity index (χ4v) is 3.56. The largest absolute Gasteiger partial charge is 0.474 e. The third kappa shape index (κ3) is 4.93. The lowest BCUT2D eigenvalue weighted by molar-refractivity contribution is 0.0407. The first-order valence-electron chi connectivity index (χ1n) is 10.5. The number of hydrogen-bond acceptors (Lipinski definition) is 9. The highest BCUT2D eigenvalue weighted by atomic mass is 16.5. The molecule has 1 aliphatic carbocycles. The molecule has 3 heterocycles. The van der Waals surface area contributed by atoms with E-state index in [1.54, 1.807) is 23.4 Å². The van der Waals surface area contributed by atoms with Crippen molar-refractivity contribution in [3.63, 3.8) is 0 Å². The molecule has 2 fully saturated rings. The standard InChI is InChI=1S/C20H28N8O3/c1-3-22-20(29)27(2)14-8-15(9-14)31-17-10-16(13-11-23-18(21)24-12-13)25-19(26-17)28-4-6-30-7-5-28/h10-12,14-15H,3-9H2,1-2H3,(H,22,29)(H2,21,23,24). The van der Waals surface area contributed by atoms with E-state index >= 15 is 0 Å². The summed E-state index contributed by atoms with van der Waals surface area (Å²) in [6.45, 7) is 5.20. The number of aromatic nitrogens is 4. The molecule has 1 saturated heterocycles. The van der Waals surface area contributed by atoms with Gasteiger partial charge >= 0.3 is 6.03 Å². The number of nitrogens with one attached hydrogen (secondary N) is 1. The summed E-state index contributed by atoms with van der Waals surface area (Å²) in [5, 5.41) is 2.82. The number of morpholine rings is 1. The minimum atomic E-state index is -0.0618. The zero-order valence-electron chi connectivity index (χ0n) is 17.8. The van der Waals surface area contributed by atoms with Crippen molar-refractivity contribution < 1.29 is 14.3 Å². The van der Waals surface area contributed by atoms with Crippen molar-refractivity contribution in [2.24, 2.45) is 0 Å². The Morgan fingerprint density at radius 1 is 1.29 bits per heavy atom. The molecular weight excluding hydrogens is 400 g/mol. The average Bonchev–Trinajstić information content (AvgIpc) is 2.76. The number of carbonyl (C=O) groups is 1. The van der Waals surface area contributed by atoms with Crippen LogP contribution in [-0.2, 0) is 4.74 Å². The first-order valence-corrected chi connectivity index (χ1v) is 10.5. The molecule has 0 bridgehead atoms. The van der Waals surface area contributed by atoms with Crippen LogP contribution in [0.4, 0.5) is 16.7 Å². The topological polar surface area (TPSA) is 132 Å². The molecule has 166 valence electrons. The summed E-state index contributed by atoms with van der Waals surface area (Å²) in [5.74, 6) is 1.29. The van der Waals surface area contributed by atoms with Crippen LogP contribution in [0.15, 0.2) is 18.5 Å². The molecular formula is C20H28N8O3. The molecule has 2 aliphatic rings. The van der Waals surface area contributed by atoms with E-state index in [1.807, 2.05) is 14.0 Å². The molecule has 3 N–H and O–H groups in total. The minimum absolute atomic E-state index is 0.00941. The second-order valence-electron chi connectivity index (χ2n) is 7.63. The Bertz CT molecular complexity index is 898. The van der Waals surface area contributed by atoms with Gasteiger partial charge in [0.05, 0.1) is 18.9 Å². The van der Waals surface area contributed by atoms with Crippen molar-refractivity contribution in [1.29, 1.82) is 0 Å². The summed E-state index contributed by atoms with van der Waals surface area (Å²) in [7, 11) is 1.81. The summed E-state index contributed by atoms with van der Waals surface area (Å²) >= 11 is 0. The van der Waals surface area contributed by atoms with E-state index in [9.17, 15) is 4.79 Å². The molecule has 0 aromatic carbocycles. The normalized spacial score (nSPS) is 20.6. The predicted octanol–water partition coefficient (Wildman–Crippen LogP) is 0.924. The van der Waals surface area contributed by atoms with Crippen LogP contribution in [0.1, 0.15) is 19.8 Å². The van der Waals surface area contributed by atoms with Gasteiger partial charge in [0, 0.05) is 69.6 Å². The lowest BCUT2D eigenvalue weighted by Crippen LogP contribution is -2.52. The molecule has 1 saturated carbocycles. The van der Waals surface area contributed by atoms with E-state index in [1.165, 1.54) is 0 Å². The molecule has 2 aromatic rings. The van der Waals surface area contributed by atoms with Gasteiger partial charge in [0.15, 0.2) is 0 Å². The van der Waals surface area contributed by atoms with E-state index in [4.69, 9.17) is 20.2 Å². The average molecular weight is 428 g/mol. The molecule has 31 heavy (non-hydrogen) atoms. The molecule has 2 aromatic heterocycles. The Morgan fingerprint density at radius 2 is 2.00 bits per heavy atom. The molecule has 11 nitrogen and oxygen atoms in total. The van der Waals surface area contributed by atoms with Crippen LogP contribution in [-0.4, -0.2) is 82.9 Å². The molecule has 4 rings (SSSR count). The van der Waals surface area contributed by atoms with E-state index in [0.717, 1.165) is 18.4 Å². The summed E-state index contributed by atoms with van der Waals surface area (Å²) < 4.78 is 11.6. The predicted molar refractivity (Wildman–Crippen MR) is 115 cm³/mol.